The van der Waals surface area contributed by atoms with Gasteiger partial charge in [-0.05, 0) is 81.8 Å². The number of thioether (sulfide) groups is 1. The number of ether oxygens (including phenoxy) is 3. The summed E-state index contributed by atoms with van der Waals surface area (Å²) in [6.45, 7) is 9.80. The van der Waals surface area contributed by atoms with E-state index in [1.165, 1.54) is 0 Å². The van der Waals surface area contributed by atoms with Gasteiger partial charge in [-0.2, -0.15) is 0 Å². The van der Waals surface area contributed by atoms with E-state index in [0.29, 0.717) is 23.6 Å². The summed E-state index contributed by atoms with van der Waals surface area (Å²) in [6.07, 6.45) is 1.50. The Hall–Kier alpha value is -3.78. The third-order valence-corrected chi connectivity index (χ3v) is 8.02. The van der Waals surface area contributed by atoms with Crippen LogP contribution in [-0.2, 0) is 9.53 Å². The van der Waals surface area contributed by atoms with E-state index in [4.69, 9.17) is 14.2 Å². The molecule has 0 aromatic heterocycles. The Morgan fingerprint density at radius 2 is 1.59 bits per heavy atom. The number of hydrogen-bond acceptors (Lipinski definition) is 7. The Balaban J connectivity index is 1.65. The smallest absolute Gasteiger partial charge is 0.415 e. The highest BCUT2D eigenvalue weighted by atomic mass is 32.2. The number of Topliss-reactive ketones (excluding diaryl/α,β-unsaturated/α-hetero) is 1. The molecule has 1 heterocycles. The summed E-state index contributed by atoms with van der Waals surface area (Å²) in [4.78, 5) is 42.2. The summed E-state index contributed by atoms with van der Waals surface area (Å²) in [6, 6.07) is 20.5. The Kier molecular flexibility index (Phi) is 9.43. The second-order valence-electron chi connectivity index (χ2n) is 10.7. The molecule has 1 aliphatic rings. The minimum atomic E-state index is -1.17. The zero-order chi connectivity index (χ0) is 29.7. The van der Waals surface area contributed by atoms with Crippen LogP contribution in [0.1, 0.15) is 53.7 Å². The monoisotopic (exact) mass is 575 g/mol. The molecule has 1 fully saturated rings. The zero-order valence-electron chi connectivity index (χ0n) is 24.4. The standard InChI is InChI=1S/C33H37NO6S/c1-7-38-31(36)33(4,5)40-30-21(2)17-24(18-22(30)3)27-19-34(32(37)39-25-11-9-8-10-12-25)20-28(27)29(35)23-13-15-26(41-6)16-14-23/h8-18,27-28H,7,19-20H2,1-6H3/t27-,28?/m1/s1. The molecule has 1 aliphatic heterocycles. The number of ketones is 1. The number of esters is 1. The Morgan fingerprint density at radius 3 is 2.17 bits per heavy atom. The van der Waals surface area contributed by atoms with Crippen LogP contribution in [0.2, 0.25) is 0 Å². The van der Waals surface area contributed by atoms with Crippen molar-refractivity contribution in [3.05, 3.63) is 89.0 Å². The lowest BCUT2D eigenvalue weighted by Crippen LogP contribution is -2.40. The molecule has 0 N–H and O–H groups in total. The fraction of sp³-hybridized carbons (Fsp3) is 0.364. The molecule has 1 saturated heterocycles. The van der Waals surface area contributed by atoms with E-state index in [-0.39, 0.29) is 24.9 Å². The first-order chi connectivity index (χ1) is 19.5. The second kappa shape index (κ2) is 12.8. The number of para-hydroxylation sites is 1. The van der Waals surface area contributed by atoms with E-state index in [2.05, 4.69) is 0 Å². The van der Waals surface area contributed by atoms with Gasteiger partial charge in [-0.1, -0.05) is 42.5 Å². The molecule has 1 unspecified atom stereocenters. The van der Waals surface area contributed by atoms with Gasteiger partial charge in [0.15, 0.2) is 11.4 Å². The molecule has 0 spiro atoms. The van der Waals surface area contributed by atoms with Crippen LogP contribution in [-0.4, -0.2) is 54.3 Å². The third kappa shape index (κ3) is 6.93. The van der Waals surface area contributed by atoms with Gasteiger partial charge in [-0.25, -0.2) is 9.59 Å². The van der Waals surface area contributed by atoms with Gasteiger partial charge in [-0.15, -0.1) is 11.8 Å². The van der Waals surface area contributed by atoms with Crippen LogP contribution in [0.4, 0.5) is 4.79 Å². The number of likely N-dealkylation sites (tertiary alicyclic amines) is 1. The number of benzene rings is 3. The third-order valence-electron chi connectivity index (χ3n) is 7.27. The van der Waals surface area contributed by atoms with Crippen molar-refractivity contribution in [2.45, 2.75) is 51.0 Å². The topological polar surface area (TPSA) is 82.1 Å². The Morgan fingerprint density at radius 1 is 0.951 bits per heavy atom. The van der Waals surface area contributed by atoms with Gasteiger partial charge in [-0.3, -0.25) is 4.79 Å². The number of aryl methyl sites for hydroxylation is 2. The van der Waals surface area contributed by atoms with Crippen LogP contribution >= 0.6 is 11.8 Å². The van der Waals surface area contributed by atoms with Gasteiger partial charge in [0.05, 0.1) is 6.61 Å². The number of hydrogen-bond donors (Lipinski definition) is 0. The number of rotatable bonds is 9. The Bertz CT molecular complexity index is 1380. The molecule has 0 radical (unpaired) electrons. The molecule has 1 amide bonds. The van der Waals surface area contributed by atoms with Gasteiger partial charge >= 0.3 is 12.1 Å². The molecule has 3 aromatic rings. The van der Waals surface area contributed by atoms with Crippen molar-refractivity contribution in [2.24, 2.45) is 5.92 Å². The second-order valence-corrected chi connectivity index (χ2v) is 11.6. The molecule has 4 rings (SSSR count). The predicted molar refractivity (Wildman–Crippen MR) is 160 cm³/mol. The predicted octanol–water partition coefficient (Wildman–Crippen LogP) is 6.84. The minimum Gasteiger partial charge on any atom is -0.476 e. The van der Waals surface area contributed by atoms with Crippen molar-refractivity contribution in [3.63, 3.8) is 0 Å². The van der Waals surface area contributed by atoms with Crippen LogP contribution in [0, 0.1) is 19.8 Å². The molecule has 0 saturated carbocycles. The van der Waals surface area contributed by atoms with Crippen LogP contribution in [0.25, 0.3) is 0 Å². The highest BCUT2D eigenvalue weighted by Crippen LogP contribution is 2.39. The van der Waals surface area contributed by atoms with E-state index in [0.717, 1.165) is 21.6 Å². The average Bonchev–Trinajstić information content (AvgIpc) is 3.41. The van der Waals surface area contributed by atoms with Crippen LogP contribution in [0.15, 0.2) is 71.6 Å². The van der Waals surface area contributed by atoms with Crippen LogP contribution in [0.5, 0.6) is 11.5 Å². The molecule has 2 atom stereocenters. The molecule has 7 nitrogen and oxygen atoms in total. The average molecular weight is 576 g/mol. The highest BCUT2D eigenvalue weighted by molar-refractivity contribution is 7.98. The van der Waals surface area contributed by atoms with Gasteiger partial charge < -0.3 is 19.1 Å². The molecule has 8 heteroatoms. The number of amides is 1. The van der Waals surface area contributed by atoms with Gasteiger partial charge in [0.25, 0.3) is 0 Å². The molecule has 0 aliphatic carbocycles. The van der Waals surface area contributed by atoms with Crippen molar-refractivity contribution in [2.75, 3.05) is 26.0 Å². The summed E-state index contributed by atoms with van der Waals surface area (Å²) >= 11 is 1.62. The van der Waals surface area contributed by atoms with Gasteiger partial charge in [0, 0.05) is 35.4 Å². The van der Waals surface area contributed by atoms with E-state index in [9.17, 15) is 14.4 Å². The van der Waals surface area contributed by atoms with E-state index < -0.39 is 23.6 Å². The zero-order valence-corrected chi connectivity index (χ0v) is 25.2. The maximum absolute atomic E-state index is 13.9. The lowest BCUT2D eigenvalue weighted by molar-refractivity contribution is -0.158. The lowest BCUT2D eigenvalue weighted by atomic mass is 9.82. The quantitative estimate of drug-likeness (QED) is 0.157. The van der Waals surface area contributed by atoms with Crippen molar-refractivity contribution in [1.82, 2.24) is 4.90 Å². The first kappa shape index (κ1) is 30.2. The highest BCUT2D eigenvalue weighted by Gasteiger charge is 2.42. The largest absolute Gasteiger partial charge is 0.476 e. The van der Waals surface area contributed by atoms with Gasteiger partial charge in [0.1, 0.15) is 11.5 Å². The van der Waals surface area contributed by atoms with Crippen molar-refractivity contribution < 1.29 is 28.6 Å². The van der Waals surface area contributed by atoms with Gasteiger partial charge in [0.2, 0.25) is 0 Å². The maximum Gasteiger partial charge on any atom is 0.415 e. The molecule has 0 bridgehead atoms. The molecular formula is C33H37NO6S. The molecule has 216 valence electrons. The number of carbonyl (C=O) groups excluding carboxylic acids is 3. The maximum atomic E-state index is 13.9. The summed E-state index contributed by atoms with van der Waals surface area (Å²) in [5.41, 5.74) is 2.03. The summed E-state index contributed by atoms with van der Waals surface area (Å²) < 4.78 is 17.0. The fourth-order valence-electron chi connectivity index (χ4n) is 5.14. The van der Waals surface area contributed by atoms with E-state index >= 15 is 0 Å². The Labute approximate surface area is 246 Å². The molecule has 3 aromatic carbocycles. The van der Waals surface area contributed by atoms with Crippen LogP contribution in [0.3, 0.4) is 0 Å². The SMILES string of the molecule is CCOC(=O)C(C)(C)Oc1c(C)cc([C@H]2CN(C(=O)Oc3ccccc3)CC2C(=O)c2ccc(SC)cc2)cc1C. The molecular weight excluding hydrogens is 538 g/mol. The summed E-state index contributed by atoms with van der Waals surface area (Å²) in [5, 5.41) is 0. The van der Waals surface area contributed by atoms with E-state index in [1.807, 2.05) is 62.6 Å². The summed E-state index contributed by atoms with van der Waals surface area (Å²) in [7, 11) is 0. The fourth-order valence-corrected chi connectivity index (χ4v) is 5.55. The number of nitrogens with zero attached hydrogens (tertiary/aromatic N) is 1. The lowest BCUT2D eigenvalue weighted by Gasteiger charge is -2.27. The normalized spacial score (nSPS) is 16.8. The van der Waals surface area contributed by atoms with E-state index in [1.54, 1.807) is 61.7 Å². The minimum absolute atomic E-state index is 0.0169. The number of carbonyl (C=O) groups is 3. The first-order valence-electron chi connectivity index (χ1n) is 13.7. The van der Waals surface area contributed by atoms with Crippen molar-refractivity contribution in [1.29, 1.82) is 0 Å². The molecule has 41 heavy (non-hydrogen) atoms. The van der Waals surface area contributed by atoms with Crippen molar-refractivity contribution in [3.8, 4) is 11.5 Å². The summed E-state index contributed by atoms with van der Waals surface area (Å²) in [5.74, 6) is -0.119. The first-order valence-corrected chi connectivity index (χ1v) is 14.9. The van der Waals surface area contributed by atoms with Crippen molar-refractivity contribution >= 4 is 29.6 Å². The van der Waals surface area contributed by atoms with Crippen LogP contribution < -0.4 is 9.47 Å².